The van der Waals surface area contributed by atoms with Gasteiger partial charge in [-0.3, -0.25) is 4.79 Å². The van der Waals surface area contributed by atoms with Crippen molar-refractivity contribution in [2.24, 2.45) is 4.99 Å². The van der Waals surface area contributed by atoms with Crippen LogP contribution in [0.15, 0.2) is 40.7 Å². The fourth-order valence-electron chi connectivity index (χ4n) is 2.45. The lowest BCUT2D eigenvalue weighted by Crippen LogP contribution is -2.38. The lowest BCUT2D eigenvalue weighted by Gasteiger charge is -2.20. The van der Waals surface area contributed by atoms with Gasteiger partial charge >= 0.3 is 6.18 Å². The number of aliphatic imine (C=N–C) groups is 1. The van der Waals surface area contributed by atoms with Crippen LogP contribution in [0.25, 0.3) is 0 Å². The van der Waals surface area contributed by atoms with E-state index in [2.05, 4.69) is 20.6 Å². The number of amides is 1. The van der Waals surface area contributed by atoms with Crippen LogP contribution in [0.2, 0.25) is 0 Å². The summed E-state index contributed by atoms with van der Waals surface area (Å²) in [5, 5.41) is 7.15. The van der Waals surface area contributed by atoms with Gasteiger partial charge in [0.05, 0.1) is 6.54 Å². The van der Waals surface area contributed by atoms with Crippen LogP contribution in [-0.2, 0) is 24.1 Å². The number of benzene rings is 1. The van der Waals surface area contributed by atoms with Crippen molar-refractivity contribution in [3.05, 3.63) is 52.0 Å². The zero-order valence-corrected chi connectivity index (χ0v) is 17.1. The Bertz CT molecular complexity index is 808. The monoisotopic (exact) mass is 427 g/mol. The van der Waals surface area contributed by atoms with E-state index in [-0.39, 0.29) is 24.0 Å². The molecule has 2 N–H and O–H groups in total. The molecular weight excluding hydrogens is 403 g/mol. The zero-order chi connectivity index (χ0) is 21.3. The molecule has 1 heterocycles. The molecule has 1 amide bonds. The first-order chi connectivity index (χ1) is 13.8. The number of carbonyl (C=O) groups excluding carboxylic acids is 1. The number of rotatable bonds is 8. The van der Waals surface area contributed by atoms with E-state index in [1.54, 1.807) is 4.90 Å². The fourth-order valence-corrected chi connectivity index (χ4v) is 3.19. The number of carbonyl (C=O) groups is 1. The van der Waals surface area contributed by atoms with E-state index in [4.69, 9.17) is 0 Å². The van der Waals surface area contributed by atoms with Crippen molar-refractivity contribution in [3.8, 4) is 0 Å². The maximum absolute atomic E-state index is 12.6. The molecular formula is C19H24F3N5OS. The van der Waals surface area contributed by atoms with Crippen molar-refractivity contribution >= 4 is 23.2 Å². The Morgan fingerprint density at radius 1 is 1.21 bits per heavy atom. The number of nitrogens with zero attached hydrogens (tertiary/aromatic N) is 3. The van der Waals surface area contributed by atoms with Crippen molar-refractivity contribution in [3.63, 3.8) is 0 Å². The van der Waals surface area contributed by atoms with Gasteiger partial charge in [-0.25, -0.2) is 9.98 Å². The highest BCUT2D eigenvalue weighted by Crippen LogP contribution is 2.29. The van der Waals surface area contributed by atoms with Crippen LogP contribution in [-0.4, -0.2) is 41.4 Å². The Balaban J connectivity index is 1.94. The minimum atomic E-state index is -4.46. The molecule has 0 fully saturated rings. The molecule has 0 aliphatic carbocycles. The van der Waals surface area contributed by atoms with Crippen LogP contribution in [0, 0.1) is 0 Å². The van der Waals surface area contributed by atoms with Crippen molar-refractivity contribution in [2.75, 3.05) is 19.6 Å². The molecule has 1 aromatic heterocycles. The summed E-state index contributed by atoms with van der Waals surface area (Å²) in [6, 6.07) is 9.66. The molecule has 2 rings (SSSR count). The average Bonchev–Trinajstić information content (AvgIpc) is 3.18. The molecule has 0 saturated heterocycles. The van der Waals surface area contributed by atoms with Gasteiger partial charge in [0.25, 0.3) is 0 Å². The fraction of sp³-hybridized carbons (Fsp3) is 0.421. The van der Waals surface area contributed by atoms with E-state index >= 15 is 0 Å². The van der Waals surface area contributed by atoms with Crippen molar-refractivity contribution in [1.29, 1.82) is 0 Å². The van der Waals surface area contributed by atoms with Crippen LogP contribution in [0.5, 0.6) is 0 Å². The normalized spacial score (nSPS) is 12.0. The van der Waals surface area contributed by atoms with Crippen LogP contribution >= 0.6 is 11.3 Å². The first kappa shape index (κ1) is 22.7. The lowest BCUT2D eigenvalue weighted by molar-refractivity contribution is -0.140. The predicted octanol–water partition coefficient (Wildman–Crippen LogP) is 3.27. The molecule has 29 heavy (non-hydrogen) atoms. The molecule has 0 atom stereocenters. The highest BCUT2D eigenvalue weighted by molar-refractivity contribution is 7.09. The Morgan fingerprint density at radius 3 is 2.52 bits per heavy atom. The van der Waals surface area contributed by atoms with E-state index < -0.39 is 11.9 Å². The number of aromatic nitrogens is 1. The molecule has 0 aliphatic heterocycles. The van der Waals surface area contributed by atoms with Crippen molar-refractivity contribution in [1.82, 2.24) is 20.5 Å². The molecule has 2 aromatic rings. The number of alkyl halides is 3. The van der Waals surface area contributed by atoms with Crippen LogP contribution in [0.1, 0.15) is 30.1 Å². The second kappa shape index (κ2) is 10.8. The molecule has 6 nitrogen and oxygen atoms in total. The maximum atomic E-state index is 12.6. The maximum Gasteiger partial charge on any atom is 0.434 e. The van der Waals surface area contributed by atoms with Gasteiger partial charge in [0.1, 0.15) is 11.6 Å². The lowest BCUT2D eigenvalue weighted by atomic mass is 10.2. The Labute approximate surface area is 171 Å². The number of halogens is 3. The van der Waals surface area contributed by atoms with E-state index in [0.717, 1.165) is 22.3 Å². The van der Waals surface area contributed by atoms with Gasteiger partial charge in [0, 0.05) is 25.0 Å². The van der Waals surface area contributed by atoms with Crippen LogP contribution in [0.3, 0.4) is 0 Å². The van der Waals surface area contributed by atoms with E-state index in [9.17, 15) is 18.0 Å². The third kappa shape index (κ3) is 7.37. The largest absolute Gasteiger partial charge is 0.434 e. The van der Waals surface area contributed by atoms with E-state index in [0.29, 0.717) is 25.6 Å². The first-order valence-electron chi connectivity index (χ1n) is 9.19. The highest BCUT2D eigenvalue weighted by Gasteiger charge is 2.33. The second-order valence-corrected chi connectivity index (χ2v) is 7.01. The Morgan fingerprint density at radius 2 is 1.93 bits per heavy atom. The van der Waals surface area contributed by atoms with Gasteiger partial charge in [-0.2, -0.15) is 13.2 Å². The molecule has 0 aliphatic rings. The molecule has 0 unspecified atom stereocenters. The van der Waals surface area contributed by atoms with Gasteiger partial charge < -0.3 is 15.5 Å². The van der Waals surface area contributed by atoms with Gasteiger partial charge in [0.2, 0.25) is 5.91 Å². The number of hydrogen-bond acceptors (Lipinski definition) is 4. The molecule has 158 valence electrons. The number of hydrogen-bond donors (Lipinski definition) is 2. The summed E-state index contributed by atoms with van der Waals surface area (Å²) in [5.41, 5.74) is 0.122. The van der Waals surface area contributed by atoms with E-state index in [1.807, 2.05) is 44.2 Å². The third-order valence-corrected chi connectivity index (χ3v) is 4.77. The third-order valence-electron chi connectivity index (χ3n) is 3.92. The number of guanidine groups is 1. The van der Waals surface area contributed by atoms with Crippen molar-refractivity contribution in [2.45, 2.75) is 33.1 Å². The highest BCUT2D eigenvalue weighted by atomic mass is 32.1. The van der Waals surface area contributed by atoms with Crippen LogP contribution < -0.4 is 10.6 Å². The molecule has 0 bridgehead atoms. The molecule has 10 heteroatoms. The summed E-state index contributed by atoms with van der Waals surface area (Å²) < 4.78 is 37.9. The summed E-state index contributed by atoms with van der Waals surface area (Å²) in [7, 11) is 0. The minimum Gasteiger partial charge on any atom is -0.357 e. The first-order valence-corrected chi connectivity index (χ1v) is 10.1. The number of likely N-dealkylation sites (N-methyl/N-ethyl adjacent to an activating group) is 1. The standard InChI is InChI=1S/C19H24F3N5OS/c1-3-23-18(24-10-16-26-15(13-29-16)19(20,21)22)25-11-17(28)27(4-2)12-14-8-6-5-7-9-14/h5-9,13H,3-4,10-12H2,1-2H3,(H2,23,24,25). The van der Waals surface area contributed by atoms with Gasteiger partial charge in [-0.05, 0) is 19.4 Å². The van der Waals surface area contributed by atoms with Crippen LogP contribution in [0.4, 0.5) is 13.2 Å². The smallest absolute Gasteiger partial charge is 0.357 e. The summed E-state index contributed by atoms with van der Waals surface area (Å²) in [6.45, 7) is 5.37. The van der Waals surface area contributed by atoms with Crippen molar-refractivity contribution < 1.29 is 18.0 Å². The topological polar surface area (TPSA) is 69.6 Å². The second-order valence-electron chi connectivity index (χ2n) is 6.07. The van der Waals surface area contributed by atoms with E-state index in [1.165, 1.54) is 0 Å². The van der Waals surface area contributed by atoms with Gasteiger partial charge in [0.15, 0.2) is 11.7 Å². The molecule has 0 spiro atoms. The average molecular weight is 427 g/mol. The number of nitrogens with one attached hydrogen (secondary N) is 2. The number of thiazole rings is 1. The summed E-state index contributed by atoms with van der Waals surface area (Å²) in [5.74, 6) is 0.211. The molecule has 0 saturated carbocycles. The van der Waals surface area contributed by atoms with Gasteiger partial charge in [-0.15, -0.1) is 11.3 Å². The summed E-state index contributed by atoms with van der Waals surface area (Å²) in [4.78, 5) is 22.0. The predicted molar refractivity (Wildman–Crippen MR) is 107 cm³/mol. The SMILES string of the molecule is CCNC(=NCC(=O)N(CC)Cc1ccccc1)NCc1nc(C(F)(F)F)cs1. The molecule has 0 radical (unpaired) electrons. The summed E-state index contributed by atoms with van der Waals surface area (Å²) >= 11 is 0.919. The Kier molecular flexibility index (Phi) is 8.44. The molecule has 1 aromatic carbocycles. The zero-order valence-electron chi connectivity index (χ0n) is 16.3. The quantitative estimate of drug-likeness (QED) is 0.501. The summed E-state index contributed by atoms with van der Waals surface area (Å²) in [6.07, 6.45) is -4.46. The Hall–Kier alpha value is -2.62. The minimum absolute atomic E-state index is 0.0678. The van der Waals surface area contributed by atoms with Gasteiger partial charge in [-0.1, -0.05) is 30.3 Å².